The number of hydrogen-bond acceptors (Lipinski definition) is 6. The van der Waals surface area contributed by atoms with E-state index in [1.54, 1.807) is 29.2 Å². The van der Waals surface area contributed by atoms with E-state index in [0.29, 0.717) is 23.7 Å². The number of anilines is 1. The first-order chi connectivity index (χ1) is 18.2. The molecule has 12 heteroatoms. The molecule has 2 aromatic carbocycles. The number of hydrogen-bond donors (Lipinski definition) is 0. The Morgan fingerprint density at radius 2 is 1.66 bits per heavy atom. The highest BCUT2D eigenvalue weighted by atomic mass is 32.2. The topological polar surface area (TPSA) is 84.7 Å². The van der Waals surface area contributed by atoms with Crippen LogP contribution in [0.1, 0.15) is 12.0 Å². The summed E-state index contributed by atoms with van der Waals surface area (Å²) in [7, 11) is -3.55. The van der Waals surface area contributed by atoms with Crippen LogP contribution in [-0.2, 0) is 15.8 Å². The van der Waals surface area contributed by atoms with Crippen LogP contribution < -0.4 is 15.2 Å². The molecule has 1 aromatic heterocycles. The van der Waals surface area contributed by atoms with E-state index in [1.165, 1.54) is 10.5 Å². The van der Waals surface area contributed by atoms with Crippen molar-refractivity contribution < 1.29 is 26.3 Å². The Morgan fingerprint density at radius 3 is 2.29 bits per heavy atom. The van der Waals surface area contributed by atoms with Gasteiger partial charge in [0.05, 0.1) is 30.9 Å². The minimum absolute atomic E-state index is 0.0274. The van der Waals surface area contributed by atoms with Gasteiger partial charge in [0, 0.05) is 32.2 Å². The normalized spacial score (nSPS) is 19.9. The van der Waals surface area contributed by atoms with Crippen molar-refractivity contribution in [2.45, 2.75) is 12.2 Å². The Bertz CT molecular complexity index is 1440. The van der Waals surface area contributed by atoms with Crippen LogP contribution in [0.3, 0.4) is 0 Å². The number of ether oxygens (including phenoxy) is 1. The molecule has 3 aromatic rings. The Morgan fingerprint density at radius 1 is 0.974 bits per heavy atom. The standard InChI is InChI=1S/C26H27F3N4O4S/c27-14-19-10-20(19)16-37-25-24(15-30-33(26(25)34)23-12-21(28)11-22(29)13-23)31-6-8-32(9-7-31)38(35,36)17-18-4-2-1-3-5-18/h1-5,11-13,15,19-20H,6-10,14,16-17H2/t19-,20-/m1/s1. The lowest BCUT2D eigenvalue weighted by molar-refractivity contribution is 0.278. The summed E-state index contributed by atoms with van der Waals surface area (Å²) in [5, 5.41) is 4.12. The van der Waals surface area contributed by atoms with E-state index in [2.05, 4.69) is 5.10 Å². The first-order valence-corrected chi connectivity index (χ1v) is 13.9. The van der Waals surface area contributed by atoms with Crippen molar-refractivity contribution in [1.29, 1.82) is 0 Å². The van der Waals surface area contributed by atoms with Crippen LogP contribution in [0, 0.1) is 23.5 Å². The maximum atomic E-state index is 13.8. The third-order valence-corrected chi connectivity index (χ3v) is 8.73. The summed E-state index contributed by atoms with van der Waals surface area (Å²) in [6.07, 6.45) is 2.02. The van der Waals surface area contributed by atoms with Gasteiger partial charge < -0.3 is 9.64 Å². The molecular weight excluding hydrogens is 521 g/mol. The molecule has 1 aliphatic carbocycles. The van der Waals surface area contributed by atoms with Crippen molar-refractivity contribution in [1.82, 2.24) is 14.1 Å². The van der Waals surface area contributed by atoms with Crippen LogP contribution >= 0.6 is 0 Å². The predicted molar refractivity (Wildman–Crippen MR) is 136 cm³/mol. The van der Waals surface area contributed by atoms with Crippen molar-refractivity contribution in [2.75, 3.05) is 44.4 Å². The van der Waals surface area contributed by atoms with Gasteiger partial charge in [0.15, 0.2) is 0 Å². The smallest absolute Gasteiger partial charge is 0.316 e. The third kappa shape index (κ3) is 5.70. The van der Waals surface area contributed by atoms with E-state index in [9.17, 15) is 26.4 Å². The quantitative estimate of drug-likeness (QED) is 0.409. The molecule has 1 aliphatic heterocycles. The summed E-state index contributed by atoms with van der Waals surface area (Å²) >= 11 is 0. The molecule has 0 unspecified atom stereocenters. The number of nitrogens with zero attached hydrogens (tertiary/aromatic N) is 4. The zero-order valence-corrected chi connectivity index (χ0v) is 21.3. The largest absolute Gasteiger partial charge is 0.486 e. The first kappa shape index (κ1) is 26.2. The number of alkyl halides is 1. The van der Waals surface area contributed by atoms with Gasteiger partial charge in [-0.05, 0) is 36.0 Å². The zero-order valence-electron chi connectivity index (χ0n) is 20.5. The minimum atomic E-state index is -3.55. The fourth-order valence-corrected chi connectivity index (χ4v) is 6.13. The van der Waals surface area contributed by atoms with Crippen LogP contribution in [0.2, 0.25) is 0 Å². The van der Waals surface area contributed by atoms with Gasteiger partial charge in [0.25, 0.3) is 0 Å². The molecule has 8 nitrogen and oxygen atoms in total. The molecule has 38 heavy (non-hydrogen) atoms. The van der Waals surface area contributed by atoms with Gasteiger partial charge in [-0.15, -0.1) is 0 Å². The first-order valence-electron chi connectivity index (χ1n) is 12.3. The van der Waals surface area contributed by atoms with Crippen molar-refractivity contribution in [3.8, 4) is 11.4 Å². The molecule has 0 bridgehead atoms. The Kier molecular flexibility index (Phi) is 7.44. The number of benzene rings is 2. The SMILES string of the molecule is O=c1c(OC[C@H]2C[C@@H]2CF)c(N2CCN(S(=O)(=O)Cc3ccccc3)CC2)cnn1-c1cc(F)cc(F)c1. The number of piperazine rings is 1. The molecule has 2 fully saturated rings. The van der Waals surface area contributed by atoms with E-state index in [4.69, 9.17) is 4.74 Å². The molecule has 5 rings (SSSR count). The van der Waals surface area contributed by atoms with E-state index in [1.807, 2.05) is 6.07 Å². The Labute approximate surface area is 218 Å². The highest BCUT2D eigenvalue weighted by Gasteiger charge is 2.38. The molecule has 1 saturated carbocycles. The summed E-state index contributed by atoms with van der Waals surface area (Å²) in [5.41, 5.74) is 0.220. The highest BCUT2D eigenvalue weighted by molar-refractivity contribution is 7.88. The second-order valence-electron chi connectivity index (χ2n) is 9.55. The number of aromatic nitrogens is 2. The number of rotatable bonds is 9. The summed E-state index contributed by atoms with van der Waals surface area (Å²) in [6.45, 7) is 0.590. The second-order valence-corrected chi connectivity index (χ2v) is 11.5. The maximum Gasteiger partial charge on any atom is 0.316 e. The summed E-state index contributed by atoms with van der Waals surface area (Å²) in [6, 6.07) is 11.6. The van der Waals surface area contributed by atoms with Crippen LogP contribution in [-0.4, -0.2) is 62.0 Å². The van der Waals surface area contributed by atoms with Gasteiger partial charge in [-0.2, -0.15) is 14.1 Å². The van der Waals surface area contributed by atoms with Gasteiger partial charge in [0.1, 0.15) is 17.3 Å². The van der Waals surface area contributed by atoms with Gasteiger partial charge in [-0.25, -0.2) is 17.2 Å². The number of halogens is 3. The van der Waals surface area contributed by atoms with Gasteiger partial charge >= 0.3 is 5.56 Å². The maximum absolute atomic E-state index is 13.8. The van der Waals surface area contributed by atoms with E-state index in [-0.39, 0.29) is 61.8 Å². The highest BCUT2D eigenvalue weighted by Crippen LogP contribution is 2.39. The van der Waals surface area contributed by atoms with E-state index in [0.717, 1.165) is 16.8 Å². The molecule has 1 saturated heterocycles. The molecule has 2 atom stereocenters. The lowest BCUT2D eigenvalue weighted by atomic mass is 10.2. The number of sulfonamides is 1. The van der Waals surface area contributed by atoms with Crippen LogP contribution in [0.5, 0.6) is 5.75 Å². The third-order valence-electron chi connectivity index (χ3n) is 6.88. The van der Waals surface area contributed by atoms with Gasteiger partial charge in [-0.1, -0.05) is 30.3 Å². The van der Waals surface area contributed by atoms with Crippen LogP contribution in [0.25, 0.3) is 5.69 Å². The lowest BCUT2D eigenvalue weighted by Crippen LogP contribution is -2.49. The zero-order chi connectivity index (χ0) is 26.9. The minimum Gasteiger partial charge on any atom is -0.486 e. The molecule has 2 heterocycles. The molecule has 0 radical (unpaired) electrons. The molecule has 0 N–H and O–H groups in total. The van der Waals surface area contributed by atoms with E-state index < -0.39 is 33.9 Å². The average molecular weight is 549 g/mol. The average Bonchev–Trinajstić information content (AvgIpc) is 3.66. The van der Waals surface area contributed by atoms with Crippen molar-refractivity contribution in [3.05, 3.63) is 82.3 Å². The van der Waals surface area contributed by atoms with Crippen LogP contribution in [0.4, 0.5) is 18.9 Å². The van der Waals surface area contributed by atoms with Crippen molar-refractivity contribution in [3.63, 3.8) is 0 Å². The summed E-state index contributed by atoms with van der Waals surface area (Å²) < 4.78 is 74.6. The summed E-state index contributed by atoms with van der Waals surface area (Å²) in [5.74, 6) is -2.05. The Balaban J connectivity index is 1.38. The summed E-state index contributed by atoms with van der Waals surface area (Å²) in [4.78, 5) is 15.2. The Hall–Kier alpha value is -3.38. The molecule has 0 spiro atoms. The molecule has 2 aliphatic rings. The fraction of sp³-hybridized carbons (Fsp3) is 0.385. The molecular formula is C26H27F3N4O4S. The van der Waals surface area contributed by atoms with Crippen LogP contribution in [0.15, 0.2) is 59.5 Å². The van der Waals surface area contributed by atoms with Crippen molar-refractivity contribution >= 4 is 15.7 Å². The second kappa shape index (κ2) is 10.8. The molecule has 0 amide bonds. The van der Waals surface area contributed by atoms with Crippen molar-refractivity contribution in [2.24, 2.45) is 11.8 Å². The monoisotopic (exact) mass is 548 g/mol. The van der Waals surface area contributed by atoms with E-state index >= 15 is 0 Å². The van der Waals surface area contributed by atoms with Gasteiger partial charge in [-0.3, -0.25) is 9.18 Å². The molecule has 202 valence electrons. The van der Waals surface area contributed by atoms with Gasteiger partial charge in [0.2, 0.25) is 15.8 Å². The lowest BCUT2D eigenvalue weighted by Gasteiger charge is -2.35. The fourth-order valence-electron chi connectivity index (χ4n) is 4.61. The predicted octanol–water partition coefficient (Wildman–Crippen LogP) is 3.15.